The van der Waals surface area contributed by atoms with Gasteiger partial charge in [0, 0.05) is 7.11 Å². The van der Waals surface area contributed by atoms with E-state index in [2.05, 4.69) is 81.5 Å². The summed E-state index contributed by atoms with van der Waals surface area (Å²) in [6.45, 7) is 6.25. The molecular weight excluding hydrogens is 375 g/mol. The molecule has 1 aliphatic rings. The molecule has 1 nitrogen and oxygen atoms in total. The monoisotopic (exact) mass is 400 g/mol. The molecule has 1 N–H and O–H groups in total. The first-order valence-electron chi connectivity index (χ1n) is 7.15. The molecule has 3 rings (SSSR count). The van der Waals surface area contributed by atoms with E-state index in [1.807, 2.05) is 0 Å². The van der Waals surface area contributed by atoms with Crippen LogP contribution in [0.2, 0.25) is 0 Å². The summed E-state index contributed by atoms with van der Waals surface area (Å²) >= 11 is 0. The predicted molar refractivity (Wildman–Crippen MR) is 107 cm³/mol. The average Bonchev–Trinajstić information content (AvgIpc) is 3.02. The molecule has 0 amide bonds. The van der Waals surface area contributed by atoms with Gasteiger partial charge in [0.15, 0.2) is 0 Å². The molecule has 0 saturated carbocycles. The normalized spacial score (nSPS) is 10.8. The van der Waals surface area contributed by atoms with Crippen LogP contribution in [0.25, 0.3) is 16.3 Å². The molecule has 0 fully saturated rings. The van der Waals surface area contributed by atoms with Crippen molar-refractivity contribution in [2.24, 2.45) is 0 Å². The largest absolute Gasteiger partial charge is 2.00 e. The molecule has 4 heteroatoms. The molecule has 0 atom stereocenters. The number of hydrogen-bond donors (Lipinski definition) is 1. The first-order valence-corrected chi connectivity index (χ1v) is 7.15. The van der Waals surface area contributed by atoms with Gasteiger partial charge in [-0.15, -0.1) is 65.6 Å². The Balaban J connectivity index is -0.000000438. The van der Waals surface area contributed by atoms with E-state index in [0.29, 0.717) is 0 Å². The number of aliphatic hydroxyl groups is 1. The minimum absolute atomic E-state index is 0. The molecule has 2 aromatic carbocycles. The SMILES string of the molecule is CO.C[C-](C)C.Cl.Cl.[Ti+2].[c-]1c(C2=CC=CC2)ccc2ccccc12. The Morgan fingerprint density at radius 1 is 0.958 bits per heavy atom. The van der Waals surface area contributed by atoms with Gasteiger partial charge >= 0.3 is 21.7 Å². The van der Waals surface area contributed by atoms with Gasteiger partial charge in [0.2, 0.25) is 0 Å². The molecule has 0 bridgehead atoms. The van der Waals surface area contributed by atoms with Crippen molar-refractivity contribution in [2.45, 2.75) is 27.2 Å². The maximum absolute atomic E-state index is 7.00. The Labute approximate surface area is 173 Å². The van der Waals surface area contributed by atoms with Crippen molar-refractivity contribution in [1.82, 2.24) is 0 Å². The number of halogens is 2. The minimum atomic E-state index is 0. The molecule has 0 saturated heterocycles. The van der Waals surface area contributed by atoms with E-state index in [1.54, 1.807) is 0 Å². The zero-order valence-electron chi connectivity index (χ0n) is 14.7. The Morgan fingerprint density at radius 3 is 2.08 bits per heavy atom. The second-order valence-corrected chi connectivity index (χ2v) is 5.28. The van der Waals surface area contributed by atoms with Crippen molar-refractivity contribution in [3.8, 4) is 0 Å². The molecule has 0 heterocycles. The topological polar surface area (TPSA) is 20.2 Å². The number of fused-ring (bicyclic) bond motifs is 1. The molecule has 24 heavy (non-hydrogen) atoms. The Hall–Kier alpha value is -0.566. The van der Waals surface area contributed by atoms with Gasteiger partial charge in [-0.25, -0.2) is 0 Å². The van der Waals surface area contributed by atoms with Crippen LogP contribution in [0.15, 0.2) is 54.6 Å². The van der Waals surface area contributed by atoms with Gasteiger partial charge in [-0.05, 0) is 6.42 Å². The van der Waals surface area contributed by atoms with Crippen molar-refractivity contribution in [2.75, 3.05) is 7.11 Å². The van der Waals surface area contributed by atoms with Crippen LogP contribution in [0.3, 0.4) is 0 Å². The van der Waals surface area contributed by atoms with Gasteiger partial charge in [0.25, 0.3) is 0 Å². The quantitative estimate of drug-likeness (QED) is 0.456. The van der Waals surface area contributed by atoms with Crippen molar-refractivity contribution < 1.29 is 26.8 Å². The third kappa shape index (κ3) is 9.66. The molecule has 1 aliphatic carbocycles. The first-order chi connectivity index (χ1) is 10.2. The van der Waals surface area contributed by atoms with Crippen molar-refractivity contribution in [3.05, 3.63) is 72.2 Å². The van der Waals surface area contributed by atoms with Crippen LogP contribution in [-0.2, 0) is 21.7 Å². The van der Waals surface area contributed by atoms with Gasteiger partial charge in [-0.2, -0.15) is 20.8 Å². The molecule has 130 valence electrons. The molecule has 0 aromatic heterocycles. The third-order valence-corrected chi connectivity index (χ3v) is 2.78. The van der Waals surface area contributed by atoms with Crippen LogP contribution >= 0.6 is 24.8 Å². The van der Waals surface area contributed by atoms with E-state index in [4.69, 9.17) is 5.11 Å². The average molecular weight is 401 g/mol. The number of allylic oxidation sites excluding steroid dienone is 4. The molecular formula is C20H26Cl2OTi. The Bertz CT molecular complexity index is 619. The summed E-state index contributed by atoms with van der Waals surface area (Å²) in [5.41, 5.74) is 2.58. The van der Waals surface area contributed by atoms with E-state index >= 15 is 0 Å². The Kier molecular flexibility index (Phi) is 18.8. The van der Waals surface area contributed by atoms with Crippen molar-refractivity contribution in [3.63, 3.8) is 0 Å². The second kappa shape index (κ2) is 15.9. The maximum atomic E-state index is 7.00. The second-order valence-electron chi connectivity index (χ2n) is 5.28. The number of aliphatic hydroxyl groups excluding tert-OH is 1. The van der Waals surface area contributed by atoms with Crippen LogP contribution in [0, 0.1) is 12.0 Å². The van der Waals surface area contributed by atoms with Crippen LogP contribution in [0.1, 0.15) is 32.8 Å². The Morgan fingerprint density at radius 2 is 1.54 bits per heavy atom. The van der Waals surface area contributed by atoms with Crippen LogP contribution in [0.5, 0.6) is 0 Å². The summed E-state index contributed by atoms with van der Waals surface area (Å²) < 4.78 is 0. The summed E-state index contributed by atoms with van der Waals surface area (Å²) in [6, 6.07) is 16.1. The first kappa shape index (κ1) is 28.2. The van der Waals surface area contributed by atoms with Gasteiger partial charge in [0.05, 0.1) is 0 Å². The summed E-state index contributed by atoms with van der Waals surface area (Å²) in [5, 5.41) is 9.45. The van der Waals surface area contributed by atoms with E-state index in [0.717, 1.165) is 13.5 Å². The number of benzene rings is 2. The summed E-state index contributed by atoms with van der Waals surface area (Å²) in [5.74, 6) is 1.42. The molecule has 0 radical (unpaired) electrons. The zero-order valence-corrected chi connectivity index (χ0v) is 17.9. The smallest absolute Gasteiger partial charge is 0.400 e. The van der Waals surface area contributed by atoms with E-state index in [1.165, 1.54) is 27.8 Å². The summed E-state index contributed by atoms with van der Waals surface area (Å²) in [7, 11) is 1.00. The van der Waals surface area contributed by atoms with E-state index in [-0.39, 0.29) is 46.5 Å². The molecule has 0 aliphatic heterocycles. The van der Waals surface area contributed by atoms with Gasteiger partial charge in [0.1, 0.15) is 0 Å². The number of rotatable bonds is 1. The van der Waals surface area contributed by atoms with Gasteiger partial charge < -0.3 is 11.0 Å². The molecule has 0 spiro atoms. The standard InChI is InChI=1S/C15H11.C4H9.CH4O.2ClH.Ti/c1-2-6-12(5-1)15-10-9-13-7-3-4-8-14(13)11-15;1-4(2)3;1-2;;;/h1-5,7-10H,6H2;1-3H3;2H,1H3;2*1H;/q2*-1;;;;+2. The van der Waals surface area contributed by atoms with Gasteiger partial charge in [-0.1, -0.05) is 41.8 Å². The minimum Gasteiger partial charge on any atom is -0.400 e. The molecule has 2 aromatic rings. The van der Waals surface area contributed by atoms with Crippen LogP contribution < -0.4 is 0 Å². The van der Waals surface area contributed by atoms with Crippen molar-refractivity contribution >= 4 is 41.2 Å². The summed E-state index contributed by atoms with van der Waals surface area (Å²) in [6.07, 6.45) is 7.49. The van der Waals surface area contributed by atoms with Crippen molar-refractivity contribution in [1.29, 1.82) is 0 Å². The summed E-state index contributed by atoms with van der Waals surface area (Å²) in [4.78, 5) is 0. The van der Waals surface area contributed by atoms with E-state index < -0.39 is 0 Å². The fraction of sp³-hybridized carbons (Fsp3) is 0.250. The number of hydrogen-bond acceptors (Lipinski definition) is 1. The zero-order chi connectivity index (χ0) is 15.7. The van der Waals surface area contributed by atoms with Crippen LogP contribution in [0.4, 0.5) is 0 Å². The fourth-order valence-electron chi connectivity index (χ4n) is 1.95. The predicted octanol–water partition coefficient (Wildman–Crippen LogP) is 6.05. The maximum Gasteiger partial charge on any atom is 2.00 e. The van der Waals surface area contributed by atoms with E-state index in [9.17, 15) is 0 Å². The third-order valence-electron chi connectivity index (χ3n) is 2.78. The van der Waals surface area contributed by atoms with Crippen LogP contribution in [-0.4, -0.2) is 12.2 Å². The molecule has 0 unspecified atom stereocenters. The van der Waals surface area contributed by atoms with Gasteiger partial charge in [-0.3, -0.25) is 0 Å². The fourth-order valence-corrected chi connectivity index (χ4v) is 1.95.